The van der Waals surface area contributed by atoms with Gasteiger partial charge in [-0.25, -0.2) is 4.79 Å². The number of aliphatic carboxylic acids is 1. The molecule has 1 aliphatic rings. The van der Waals surface area contributed by atoms with Gasteiger partial charge in [0.2, 0.25) is 11.8 Å². The second-order valence-electron chi connectivity index (χ2n) is 5.79. The third-order valence-electron chi connectivity index (χ3n) is 4.07. The molecule has 0 saturated carbocycles. The van der Waals surface area contributed by atoms with E-state index in [-0.39, 0.29) is 24.8 Å². The van der Waals surface area contributed by atoms with Crippen LogP contribution in [0.25, 0.3) is 0 Å². The van der Waals surface area contributed by atoms with E-state index in [1.54, 1.807) is 36.3 Å². The predicted molar refractivity (Wildman–Crippen MR) is 87.9 cm³/mol. The Labute approximate surface area is 140 Å². The highest BCUT2D eigenvalue weighted by Gasteiger charge is 2.36. The number of benzene rings is 1. The van der Waals surface area contributed by atoms with Crippen molar-refractivity contribution in [2.24, 2.45) is 5.92 Å². The van der Waals surface area contributed by atoms with Gasteiger partial charge < -0.3 is 20.1 Å². The van der Waals surface area contributed by atoms with Gasteiger partial charge in [0, 0.05) is 18.7 Å². The fraction of sp³-hybridized carbons (Fsp3) is 0.471. The average molecular weight is 334 g/mol. The molecule has 0 aromatic heterocycles. The number of ether oxygens (including phenoxy) is 1. The first-order chi connectivity index (χ1) is 11.5. The normalized spacial score (nSPS) is 18.3. The van der Waals surface area contributed by atoms with Crippen molar-refractivity contribution < 1.29 is 24.2 Å². The van der Waals surface area contributed by atoms with E-state index in [9.17, 15) is 14.4 Å². The maximum atomic E-state index is 12.3. The summed E-state index contributed by atoms with van der Waals surface area (Å²) in [7, 11) is 1.56. The molecular formula is C17H22N2O5. The number of methoxy groups -OCH3 is 1. The van der Waals surface area contributed by atoms with Crippen LogP contribution in [-0.4, -0.2) is 42.6 Å². The number of amides is 2. The molecule has 1 aromatic carbocycles. The standard InChI is InChI=1S/C17H22N2O5/c1-3-4-14(17(22)23)18-16(21)11-9-15(20)19(10-11)12-5-7-13(24-2)8-6-12/h5-8,11,14H,3-4,9-10H2,1-2H3,(H,18,21)(H,22,23). The van der Waals surface area contributed by atoms with Gasteiger partial charge in [-0.15, -0.1) is 0 Å². The molecule has 0 bridgehead atoms. The van der Waals surface area contributed by atoms with Crippen LogP contribution in [0.3, 0.4) is 0 Å². The van der Waals surface area contributed by atoms with Gasteiger partial charge in [0.1, 0.15) is 11.8 Å². The molecule has 24 heavy (non-hydrogen) atoms. The number of rotatable bonds is 7. The highest BCUT2D eigenvalue weighted by molar-refractivity contribution is 6.00. The zero-order chi connectivity index (χ0) is 17.7. The molecule has 2 N–H and O–H groups in total. The molecule has 7 heteroatoms. The van der Waals surface area contributed by atoms with Crippen molar-refractivity contribution in [3.05, 3.63) is 24.3 Å². The summed E-state index contributed by atoms with van der Waals surface area (Å²) in [5.41, 5.74) is 0.694. The molecule has 1 aromatic rings. The van der Waals surface area contributed by atoms with Gasteiger partial charge in [-0.05, 0) is 30.7 Å². The van der Waals surface area contributed by atoms with Crippen molar-refractivity contribution in [1.82, 2.24) is 5.32 Å². The van der Waals surface area contributed by atoms with Crippen LogP contribution in [0.4, 0.5) is 5.69 Å². The molecule has 2 unspecified atom stereocenters. The second-order valence-corrected chi connectivity index (χ2v) is 5.79. The lowest BCUT2D eigenvalue weighted by Crippen LogP contribution is -2.44. The molecule has 1 aliphatic heterocycles. The van der Waals surface area contributed by atoms with E-state index in [0.717, 1.165) is 0 Å². The molecule has 0 radical (unpaired) electrons. The van der Waals surface area contributed by atoms with E-state index in [1.807, 2.05) is 6.92 Å². The van der Waals surface area contributed by atoms with Gasteiger partial charge in [-0.3, -0.25) is 9.59 Å². The number of carboxylic acids is 1. The first-order valence-corrected chi connectivity index (χ1v) is 7.93. The lowest BCUT2D eigenvalue weighted by atomic mass is 10.1. The zero-order valence-electron chi connectivity index (χ0n) is 13.8. The zero-order valence-corrected chi connectivity index (χ0v) is 13.8. The summed E-state index contributed by atoms with van der Waals surface area (Å²) < 4.78 is 5.08. The third kappa shape index (κ3) is 4.04. The Bertz CT molecular complexity index is 614. The Hall–Kier alpha value is -2.57. The number of nitrogens with zero attached hydrogens (tertiary/aromatic N) is 1. The van der Waals surface area contributed by atoms with Crippen molar-refractivity contribution in [3.8, 4) is 5.75 Å². The Balaban J connectivity index is 2.02. The third-order valence-corrected chi connectivity index (χ3v) is 4.07. The molecular weight excluding hydrogens is 312 g/mol. The molecule has 1 fully saturated rings. The molecule has 0 spiro atoms. The molecule has 130 valence electrons. The fourth-order valence-corrected chi connectivity index (χ4v) is 2.73. The monoisotopic (exact) mass is 334 g/mol. The summed E-state index contributed by atoms with van der Waals surface area (Å²) in [4.78, 5) is 37.2. The smallest absolute Gasteiger partial charge is 0.326 e. The number of anilines is 1. The van der Waals surface area contributed by atoms with Crippen molar-refractivity contribution >= 4 is 23.5 Å². The van der Waals surface area contributed by atoms with Gasteiger partial charge in [0.15, 0.2) is 0 Å². The van der Waals surface area contributed by atoms with Gasteiger partial charge in [-0.2, -0.15) is 0 Å². The van der Waals surface area contributed by atoms with Crippen LogP contribution in [0.15, 0.2) is 24.3 Å². The largest absolute Gasteiger partial charge is 0.497 e. The van der Waals surface area contributed by atoms with Crippen molar-refractivity contribution in [2.45, 2.75) is 32.2 Å². The minimum atomic E-state index is -1.05. The van der Waals surface area contributed by atoms with Crippen molar-refractivity contribution in [1.29, 1.82) is 0 Å². The summed E-state index contributed by atoms with van der Waals surface area (Å²) in [6, 6.07) is 6.10. The number of hydrogen-bond donors (Lipinski definition) is 2. The van der Waals surface area contributed by atoms with Crippen LogP contribution in [0.2, 0.25) is 0 Å². The Morgan fingerprint density at radius 3 is 2.58 bits per heavy atom. The summed E-state index contributed by atoms with van der Waals surface area (Å²) in [6.45, 7) is 2.10. The number of carboxylic acid groups (broad SMARTS) is 1. The lowest BCUT2D eigenvalue weighted by molar-refractivity contribution is -0.142. The molecule has 2 rings (SSSR count). The Morgan fingerprint density at radius 2 is 2.04 bits per heavy atom. The predicted octanol–water partition coefficient (Wildman–Crippen LogP) is 1.42. The topological polar surface area (TPSA) is 95.9 Å². The fourth-order valence-electron chi connectivity index (χ4n) is 2.73. The van der Waals surface area contributed by atoms with Crippen LogP contribution >= 0.6 is 0 Å². The number of nitrogens with one attached hydrogen (secondary N) is 1. The highest BCUT2D eigenvalue weighted by atomic mass is 16.5. The van der Waals surface area contributed by atoms with E-state index in [0.29, 0.717) is 24.3 Å². The molecule has 2 atom stereocenters. The molecule has 0 aliphatic carbocycles. The SMILES string of the molecule is CCCC(NC(=O)C1CC(=O)N(c2ccc(OC)cc2)C1)C(=O)O. The van der Waals surface area contributed by atoms with Crippen molar-refractivity contribution in [3.63, 3.8) is 0 Å². The lowest BCUT2D eigenvalue weighted by Gasteiger charge is -2.18. The van der Waals surface area contributed by atoms with Crippen LogP contribution in [0.1, 0.15) is 26.2 Å². The van der Waals surface area contributed by atoms with Crippen LogP contribution < -0.4 is 15.0 Å². The Kier molecular flexibility index (Phi) is 5.78. The number of hydrogen-bond acceptors (Lipinski definition) is 4. The van der Waals surface area contributed by atoms with Gasteiger partial charge >= 0.3 is 5.97 Å². The quantitative estimate of drug-likeness (QED) is 0.786. The Morgan fingerprint density at radius 1 is 1.38 bits per heavy atom. The first-order valence-electron chi connectivity index (χ1n) is 7.93. The minimum absolute atomic E-state index is 0.0797. The van der Waals surface area contributed by atoms with Gasteiger partial charge in [0.25, 0.3) is 0 Å². The van der Waals surface area contributed by atoms with Crippen LogP contribution in [-0.2, 0) is 14.4 Å². The summed E-state index contributed by atoms with van der Waals surface area (Å²) in [5, 5.41) is 11.7. The minimum Gasteiger partial charge on any atom is -0.497 e. The van der Waals surface area contributed by atoms with Gasteiger partial charge in [0.05, 0.1) is 13.0 Å². The molecule has 1 heterocycles. The summed E-state index contributed by atoms with van der Waals surface area (Å²) in [5.74, 6) is -1.45. The number of carbonyl (C=O) groups excluding carboxylic acids is 2. The van der Waals surface area contributed by atoms with Crippen molar-refractivity contribution in [2.75, 3.05) is 18.6 Å². The average Bonchev–Trinajstić information content (AvgIpc) is 2.96. The maximum Gasteiger partial charge on any atom is 0.326 e. The van der Waals surface area contributed by atoms with E-state index in [1.165, 1.54) is 0 Å². The molecule has 7 nitrogen and oxygen atoms in total. The van der Waals surface area contributed by atoms with E-state index >= 15 is 0 Å². The summed E-state index contributed by atoms with van der Waals surface area (Å²) >= 11 is 0. The maximum absolute atomic E-state index is 12.3. The summed E-state index contributed by atoms with van der Waals surface area (Å²) in [6.07, 6.45) is 1.10. The van der Waals surface area contributed by atoms with Crippen LogP contribution in [0.5, 0.6) is 5.75 Å². The highest BCUT2D eigenvalue weighted by Crippen LogP contribution is 2.27. The van der Waals surface area contributed by atoms with Gasteiger partial charge in [-0.1, -0.05) is 13.3 Å². The van der Waals surface area contributed by atoms with E-state index < -0.39 is 17.9 Å². The number of carbonyl (C=O) groups is 3. The van der Waals surface area contributed by atoms with Crippen LogP contribution in [0, 0.1) is 5.92 Å². The molecule has 2 amide bonds. The second kappa shape index (κ2) is 7.81. The molecule has 1 saturated heterocycles. The van der Waals surface area contributed by atoms with E-state index in [4.69, 9.17) is 9.84 Å². The van der Waals surface area contributed by atoms with E-state index in [2.05, 4.69) is 5.32 Å². The first kappa shape index (κ1) is 17.8.